The minimum atomic E-state index is -5.77. The smallest absolute Gasteiger partial charge is 0.382 e. The molecule has 0 aromatic heterocycles. The summed E-state index contributed by atoms with van der Waals surface area (Å²) < 4.78 is 61.9. The molecule has 1 aromatic carbocycles. The molecule has 6 heteroatoms. The number of halogens is 5. The topological polar surface area (TPSA) is 20.2 Å². The van der Waals surface area contributed by atoms with Crippen molar-refractivity contribution in [2.45, 2.75) is 38.0 Å². The molecule has 0 fully saturated rings. The van der Waals surface area contributed by atoms with E-state index in [1.165, 1.54) is 12.1 Å². The summed E-state index contributed by atoms with van der Waals surface area (Å²) in [4.78, 5) is 0. The summed E-state index contributed by atoms with van der Waals surface area (Å²) >= 11 is 0. The van der Waals surface area contributed by atoms with Gasteiger partial charge < -0.3 is 5.11 Å². The molecule has 1 nitrogen and oxygen atoms in total. The normalized spacial score (nSPS) is 14.6. The molecule has 102 valence electrons. The zero-order valence-corrected chi connectivity index (χ0v) is 9.64. The Hall–Kier alpha value is -1.17. The molecule has 0 saturated carbocycles. The molecule has 18 heavy (non-hydrogen) atoms. The molecule has 0 saturated heterocycles. The van der Waals surface area contributed by atoms with Gasteiger partial charge in [-0.3, -0.25) is 0 Å². The van der Waals surface area contributed by atoms with Gasteiger partial charge in [0.05, 0.1) is 0 Å². The standard InChI is InChI=1S/C12H13F5O/c1-2-3-8-4-6-9(7-5-8)10(18)11(13,14)12(15,16)17/h4-7,10,18H,2-3H2,1H3. The van der Waals surface area contributed by atoms with Gasteiger partial charge in [0.1, 0.15) is 0 Å². The van der Waals surface area contributed by atoms with Gasteiger partial charge in [-0.1, -0.05) is 37.6 Å². The molecular weight excluding hydrogens is 255 g/mol. The van der Waals surface area contributed by atoms with Crippen molar-refractivity contribution in [2.24, 2.45) is 0 Å². The zero-order chi connectivity index (χ0) is 14.0. The quantitative estimate of drug-likeness (QED) is 0.822. The first-order valence-corrected chi connectivity index (χ1v) is 5.41. The van der Waals surface area contributed by atoms with Crippen molar-refractivity contribution >= 4 is 0 Å². The van der Waals surface area contributed by atoms with Crippen LogP contribution in [0.1, 0.15) is 30.6 Å². The minimum absolute atomic E-state index is 0.447. The summed E-state index contributed by atoms with van der Waals surface area (Å²) in [7, 11) is 0. The summed E-state index contributed by atoms with van der Waals surface area (Å²) in [6.45, 7) is 1.92. The van der Waals surface area contributed by atoms with Crippen LogP contribution in [-0.2, 0) is 6.42 Å². The average molecular weight is 268 g/mol. The van der Waals surface area contributed by atoms with Crippen molar-refractivity contribution in [3.8, 4) is 0 Å². The van der Waals surface area contributed by atoms with E-state index in [0.29, 0.717) is 6.42 Å². The van der Waals surface area contributed by atoms with Gasteiger partial charge in [-0.15, -0.1) is 0 Å². The van der Waals surface area contributed by atoms with Crippen LogP contribution in [0, 0.1) is 0 Å². The van der Waals surface area contributed by atoms with E-state index in [1.54, 1.807) is 0 Å². The second-order valence-electron chi connectivity index (χ2n) is 4.01. The van der Waals surface area contributed by atoms with Crippen molar-refractivity contribution in [1.82, 2.24) is 0 Å². The molecule has 1 atom stereocenters. The molecule has 0 aliphatic carbocycles. The maximum absolute atomic E-state index is 12.9. The molecule has 0 spiro atoms. The average Bonchev–Trinajstić information content (AvgIpc) is 2.28. The molecule has 0 aliphatic rings. The number of alkyl halides is 5. The first kappa shape index (κ1) is 14.9. The van der Waals surface area contributed by atoms with Crippen LogP contribution in [0.25, 0.3) is 0 Å². The first-order valence-electron chi connectivity index (χ1n) is 5.41. The number of rotatable bonds is 4. The highest BCUT2D eigenvalue weighted by atomic mass is 19.4. The Bertz CT molecular complexity index is 382. The van der Waals surface area contributed by atoms with E-state index in [2.05, 4.69) is 0 Å². The van der Waals surface area contributed by atoms with Crippen LogP contribution >= 0.6 is 0 Å². The Morgan fingerprint density at radius 1 is 1.06 bits per heavy atom. The van der Waals surface area contributed by atoms with Crippen molar-refractivity contribution in [1.29, 1.82) is 0 Å². The third-order valence-electron chi connectivity index (χ3n) is 2.56. The molecule has 1 unspecified atom stereocenters. The monoisotopic (exact) mass is 268 g/mol. The third-order valence-corrected chi connectivity index (χ3v) is 2.56. The largest absolute Gasteiger partial charge is 0.456 e. The number of benzene rings is 1. The van der Waals surface area contributed by atoms with Gasteiger partial charge in [0, 0.05) is 0 Å². The lowest BCUT2D eigenvalue weighted by atomic mass is 10.0. The molecule has 0 amide bonds. The molecule has 0 radical (unpaired) electrons. The Kier molecular flexibility index (Phi) is 4.32. The van der Waals surface area contributed by atoms with E-state index in [4.69, 9.17) is 5.11 Å². The lowest BCUT2D eigenvalue weighted by Crippen LogP contribution is -2.42. The summed E-state index contributed by atoms with van der Waals surface area (Å²) in [6.07, 6.45) is -7.12. The van der Waals surface area contributed by atoms with Crippen LogP contribution in [0.2, 0.25) is 0 Å². The van der Waals surface area contributed by atoms with Crippen molar-refractivity contribution in [2.75, 3.05) is 0 Å². The molecule has 0 bridgehead atoms. The number of aliphatic hydroxyl groups excluding tert-OH is 1. The van der Waals surface area contributed by atoms with E-state index < -0.39 is 23.8 Å². The van der Waals surface area contributed by atoms with Crippen molar-refractivity contribution in [3.05, 3.63) is 35.4 Å². The Morgan fingerprint density at radius 2 is 1.56 bits per heavy atom. The lowest BCUT2D eigenvalue weighted by Gasteiger charge is -2.25. The fourth-order valence-corrected chi connectivity index (χ4v) is 1.52. The van der Waals surface area contributed by atoms with Gasteiger partial charge in [0.2, 0.25) is 0 Å². The predicted octanol–water partition coefficient (Wildman–Crippen LogP) is 3.87. The van der Waals surface area contributed by atoms with Crippen LogP contribution in [-0.4, -0.2) is 17.2 Å². The highest BCUT2D eigenvalue weighted by Crippen LogP contribution is 2.44. The maximum atomic E-state index is 12.9. The van der Waals surface area contributed by atoms with Crippen LogP contribution in [0.5, 0.6) is 0 Å². The number of aryl methyl sites for hydroxylation is 1. The fourth-order valence-electron chi connectivity index (χ4n) is 1.52. The molecule has 1 N–H and O–H groups in total. The number of aliphatic hydroxyl groups is 1. The molecule has 0 aliphatic heterocycles. The molecule has 0 heterocycles. The van der Waals surface area contributed by atoms with Gasteiger partial charge in [-0.2, -0.15) is 22.0 Å². The molecule has 1 aromatic rings. The summed E-state index contributed by atoms with van der Waals surface area (Å²) in [5, 5.41) is 9.13. The van der Waals surface area contributed by atoms with E-state index in [1.807, 2.05) is 6.92 Å². The van der Waals surface area contributed by atoms with E-state index in [-0.39, 0.29) is 0 Å². The van der Waals surface area contributed by atoms with Crippen LogP contribution in [0.15, 0.2) is 24.3 Å². The van der Waals surface area contributed by atoms with Gasteiger partial charge in [0.15, 0.2) is 6.10 Å². The van der Waals surface area contributed by atoms with E-state index >= 15 is 0 Å². The van der Waals surface area contributed by atoms with Gasteiger partial charge in [0.25, 0.3) is 0 Å². The Balaban J connectivity index is 2.94. The third kappa shape index (κ3) is 2.98. The second kappa shape index (κ2) is 5.22. The van der Waals surface area contributed by atoms with Crippen LogP contribution < -0.4 is 0 Å². The number of hydrogen-bond donors (Lipinski definition) is 1. The molecular formula is C12H13F5O. The van der Waals surface area contributed by atoms with Crippen LogP contribution in [0.3, 0.4) is 0 Å². The fraction of sp³-hybridized carbons (Fsp3) is 0.500. The first-order chi connectivity index (χ1) is 8.20. The summed E-state index contributed by atoms with van der Waals surface area (Å²) in [5.74, 6) is -5.15. The highest BCUT2D eigenvalue weighted by Gasteiger charge is 2.62. The lowest BCUT2D eigenvalue weighted by molar-refractivity contribution is -0.315. The van der Waals surface area contributed by atoms with Crippen molar-refractivity contribution < 1.29 is 27.1 Å². The van der Waals surface area contributed by atoms with Crippen LogP contribution in [0.4, 0.5) is 22.0 Å². The maximum Gasteiger partial charge on any atom is 0.456 e. The minimum Gasteiger partial charge on any atom is -0.382 e. The van der Waals surface area contributed by atoms with Gasteiger partial charge in [-0.25, -0.2) is 0 Å². The van der Waals surface area contributed by atoms with Gasteiger partial charge >= 0.3 is 12.1 Å². The Labute approximate surface area is 101 Å². The molecule has 1 rings (SSSR count). The highest BCUT2D eigenvalue weighted by molar-refractivity contribution is 5.25. The predicted molar refractivity (Wildman–Crippen MR) is 56.4 cm³/mol. The summed E-state index contributed by atoms with van der Waals surface area (Å²) in [6, 6.07) is 5.06. The van der Waals surface area contributed by atoms with E-state index in [9.17, 15) is 22.0 Å². The second-order valence-corrected chi connectivity index (χ2v) is 4.01. The Morgan fingerprint density at radius 3 is 1.94 bits per heavy atom. The van der Waals surface area contributed by atoms with Gasteiger partial charge in [-0.05, 0) is 17.5 Å². The SMILES string of the molecule is CCCc1ccc(C(O)C(F)(F)C(F)(F)F)cc1. The summed E-state index contributed by atoms with van der Waals surface area (Å²) in [5.41, 5.74) is 0.376. The number of hydrogen-bond acceptors (Lipinski definition) is 1. The van der Waals surface area contributed by atoms with Crippen molar-refractivity contribution in [3.63, 3.8) is 0 Å². The van der Waals surface area contributed by atoms with E-state index in [0.717, 1.165) is 24.1 Å². The zero-order valence-electron chi connectivity index (χ0n) is 9.64.